The van der Waals surface area contributed by atoms with Gasteiger partial charge in [-0.25, -0.2) is 9.18 Å². The molecule has 0 aliphatic heterocycles. The molecule has 55 heavy (non-hydrogen) atoms. The number of Topliss-reactive ketones (excluding diaryl/α,β-unsaturated/α-hetero) is 1. The molecule has 296 valence electrons. The van der Waals surface area contributed by atoms with Crippen LogP contribution in [0, 0.1) is 19.7 Å². The average Bonchev–Trinajstić information content (AvgIpc) is 3.49. The zero-order valence-corrected chi connectivity index (χ0v) is 31.6. The molecule has 3 aromatic carbocycles. The summed E-state index contributed by atoms with van der Waals surface area (Å²) in [6, 6.07) is 14.1. The predicted molar refractivity (Wildman–Crippen MR) is 199 cm³/mol. The van der Waals surface area contributed by atoms with Crippen LogP contribution in [0.5, 0.6) is 0 Å². The number of aryl methyl sites for hydroxylation is 3. The number of aliphatic imine (C=N–C) groups is 1. The van der Waals surface area contributed by atoms with Crippen molar-refractivity contribution in [2.45, 2.75) is 53.3 Å². The fraction of sp³-hybridized carbons (Fsp3) is 0.324. The van der Waals surface area contributed by atoms with Crippen molar-refractivity contribution < 1.29 is 50.1 Å². The fourth-order valence-corrected chi connectivity index (χ4v) is 5.56. The molecule has 0 atom stereocenters. The summed E-state index contributed by atoms with van der Waals surface area (Å²) in [4.78, 5) is 41.7. The SMILES string of the molecule is CCCC(=O)CS/C(C)=N\C(=O)Nc1ccc(-c2cc(N(C)C(=O)c3ccc([N+](F)(F)F)cc3)n(C)n2)cc1F.Cc1ccc(COCC(F)(F)F)c(C)c1. The minimum absolute atomic E-state index is 0.00558. The summed E-state index contributed by atoms with van der Waals surface area (Å²) < 4.78 is 94.5. The maximum atomic E-state index is 14.8. The van der Waals surface area contributed by atoms with Crippen LogP contribution >= 0.6 is 11.8 Å². The van der Waals surface area contributed by atoms with E-state index in [4.69, 9.17) is 0 Å². The van der Waals surface area contributed by atoms with Gasteiger partial charge >= 0.3 is 12.2 Å². The fourth-order valence-electron chi connectivity index (χ4n) is 4.90. The molecule has 0 aliphatic rings. The van der Waals surface area contributed by atoms with Gasteiger partial charge in [0, 0.05) is 49.8 Å². The Labute approximate surface area is 317 Å². The third-order valence-corrected chi connectivity index (χ3v) is 8.64. The maximum absolute atomic E-state index is 14.8. The molecule has 4 aromatic rings. The molecule has 1 aromatic heterocycles. The number of carbonyl (C=O) groups excluding carboxylic acids is 3. The summed E-state index contributed by atoms with van der Waals surface area (Å²) in [6.45, 7) is 6.09. The molecule has 0 bridgehead atoms. The Morgan fingerprint density at radius 3 is 2.25 bits per heavy atom. The zero-order valence-electron chi connectivity index (χ0n) is 30.8. The lowest BCUT2D eigenvalue weighted by atomic mass is 10.1. The van der Waals surface area contributed by atoms with E-state index in [0.29, 0.717) is 28.5 Å². The highest BCUT2D eigenvalue weighted by Crippen LogP contribution is 2.29. The first-order valence-corrected chi connectivity index (χ1v) is 17.6. The Morgan fingerprint density at radius 1 is 1.00 bits per heavy atom. The number of halogens is 7. The van der Waals surface area contributed by atoms with Crippen molar-refractivity contribution in [3.8, 4) is 11.3 Å². The number of amides is 3. The summed E-state index contributed by atoms with van der Waals surface area (Å²) in [6.07, 6.45) is -3.06. The van der Waals surface area contributed by atoms with Gasteiger partial charge in [0.25, 0.3) is 16.7 Å². The van der Waals surface area contributed by atoms with Crippen molar-refractivity contribution in [1.82, 2.24) is 14.9 Å². The largest absolute Gasteiger partial charge is 0.411 e. The van der Waals surface area contributed by atoms with Gasteiger partial charge in [-0.15, -0.1) is 11.8 Å². The van der Waals surface area contributed by atoms with Crippen LogP contribution in [0.3, 0.4) is 0 Å². The third kappa shape index (κ3) is 13.9. The summed E-state index contributed by atoms with van der Waals surface area (Å²) in [5.74, 6) is -0.742. The number of urea groups is 1. The lowest BCUT2D eigenvalue weighted by molar-refractivity contribution is -0.279. The van der Waals surface area contributed by atoms with E-state index in [9.17, 15) is 45.4 Å². The van der Waals surface area contributed by atoms with Gasteiger partial charge in [0.05, 0.1) is 42.2 Å². The number of ether oxygens (including phenoxy) is 1. The highest BCUT2D eigenvalue weighted by molar-refractivity contribution is 8.14. The molecule has 1 heterocycles. The second kappa shape index (κ2) is 19.5. The lowest BCUT2D eigenvalue weighted by Crippen LogP contribution is -2.28. The number of hydrogen-bond acceptors (Lipinski definition) is 6. The molecular weight excluding hydrogens is 757 g/mol. The molecule has 4 rings (SSSR count). The van der Waals surface area contributed by atoms with Gasteiger partial charge in [0.2, 0.25) is 0 Å². The van der Waals surface area contributed by atoms with Gasteiger partial charge in [-0.05, 0) is 62.6 Å². The van der Waals surface area contributed by atoms with E-state index in [-0.39, 0.29) is 29.4 Å². The number of hydrogen-bond donors (Lipinski definition) is 1. The molecule has 0 saturated carbocycles. The van der Waals surface area contributed by atoms with E-state index in [2.05, 4.69) is 20.1 Å². The molecule has 0 saturated heterocycles. The number of aromatic nitrogens is 2. The Morgan fingerprint density at radius 2 is 1.67 bits per heavy atom. The highest BCUT2D eigenvalue weighted by Gasteiger charge is 2.35. The molecule has 18 heteroatoms. The molecule has 1 N–H and O–H groups in total. The predicted octanol–water partition coefficient (Wildman–Crippen LogP) is 9.90. The summed E-state index contributed by atoms with van der Waals surface area (Å²) >= 11 is 1.14. The highest BCUT2D eigenvalue weighted by atomic mass is 32.2. The Hall–Kier alpha value is -5.07. The van der Waals surface area contributed by atoms with E-state index in [0.717, 1.165) is 65.2 Å². The second-order valence-corrected chi connectivity index (χ2v) is 13.4. The Bertz CT molecular complexity index is 2000. The maximum Gasteiger partial charge on any atom is 0.411 e. The van der Waals surface area contributed by atoms with Crippen molar-refractivity contribution in [3.63, 3.8) is 0 Å². The van der Waals surface area contributed by atoms with Crippen molar-refractivity contribution in [2.24, 2.45) is 12.0 Å². The minimum Gasteiger partial charge on any atom is -0.367 e. The van der Waals surface area contributed by atoms with E-state index in [1.807, 2.05) is 32.9 Å². The van der Waals surface area contributed by atoms with Crippen LogP contribution in [0.25, 0.3) is 11.3 Å². The number of nitrogens with one attached hydrogen (secondary N) is 1. The van der Waals surface area contributed by atoms with E-state index in [1.165, 1.54) is 34.8 Å². The van der Waals surface area contributed by atoms with Crippen LogP contribution in [0.2, 0.25) is 0 Å². The van der Waals surface area contributed by atoms with E-state index in [1.54, 1.807) is 20.0 Å². The molecule has 0 aliphatic carbocycles. The molecule has 0 radical (unpaired) electrons. The number of benzene rings is 3. The molecule has 3 amide bonds. The number of quaternary nitrogens is 1. The normalized spacial score (nSPS) is 11.8. The number of rotatable bonds is 12. The number of alkyl halides is 3. The number of nitrogens with zero attached hydrogens (tertiary/aromatic N) is 5. The number of anilines is 2. The topological polar surface area (TPSA) is 106 Å². The van der Waals surface area contributed by atoms with Gasteiger partial charge in [-0.1, -0.05) is 36.8 Å². The lowest BCUT2D eigenvalue weighted by Gasteiger charge is -2.17. The van der Waals surface area contributed by atoms with Crippen LogP contribution in [0.15, 0.2) is 71.7 Å². The van der Waals surface area contributed by atoms with Crippen molar-refractivity contribution in [1.29, 1.82) is 0 Å². The molecular formula is C37H40F7N6O4S+. The smallest absolute Gasteiger partial charge is 0.367 e. The second-order valence-electron chi connectivity index (χ2n) is 12.2. The van der Waals surface area contributed by atoms with Gasteiger partial charge in [-0.3, -0.25) is 19.2 Å². The minimum atomic E-state index is -4.25. The van der Waals surface area contributed by atoms with E-state index >= 15 is 0 Å². The van der Waals surface area contributed by atoms with Crippen LogP contribution in [-0.4, -0.2) is 58.1 Å². The summed E-state index contributed by atoms with van der Waals surface area (Å²) in [5, 5.41) is 3.18. The Balaban J connectivity index is 0.000000452. The average molecular weight is 798 g/mol. The zero-order chi connectivity index (χ0) is 41.1. The monoisotopic (exact) mass is 797 g/mol. The first kappa shape index (κ1) is 44.3. The van der Waals surface area contributed by atoms with Crippen LogP contribution in [0.4, 0.5) is 53.0 Å². The quantitative estimate of drug-likeness (QED) is 0.0663. The van der Waals surface area contributed by atoms with Crippen LogP contribution in [-0.2, 0) is 23.2 Å². The van der Waals surface area contributed by atoms with Crippen LogP contribution < -0.4 is 15.4 Å². The number of ketones is 1. The Kier molecular flexibility index (Phi) is 15.7. The van der Waals surface area contributed by atoms with Gasteiger partial charge in [-0.2, -0.15) is 23.3 Å². The molecule has 0 unspecified atom stereocenters. The number of thioether (sulfide) groups is 1. The number of carbonyl (C=O) groups is 3. The van der Waals surface area contributed by atoms with Crippen molar-refractivity contribution in [3.05, 3.63) is 94.8 Å². The molecule has 0 fully saturated rings. The van der Waals surface area contributed by atoms with Crippen molar-refractivity contribution in [2.75, 3.05) is 29.6 Å². The standard InChI is InChI=1S/C26H26F4N6O3S.C11H13F3O/c1-5-6-20(37)15-40-16(2)31-26(39)32-22-12-9-18(13-21(22)27)23-14-24(35(4)33-23)34(3)25(38)17-7-10-19(11-8-17)36(28,29)30;1-8-3-4-10(9(2)5-8)6-15-7-11(12,13)14/h7-14H,5-6,15H2,1-4H3;3-5H,6-7H2,1-2H3/p+1/b31-16-;. The van der Waals surface area contributed by atoms with E-state index < -0.39 is 41.4 Å². The van der Waals surface area contributed by atoms with Gasteiger partial charge in [0.15, 0.2) is 0 Å². The van der Waals surface area contributed by atoms with Crippen LogP contribution in [0.1, 0.15) is 53.7 Å². The third-order valence-electron chi connectivity index (χ3n) is 7.67. The summed E-state index contributed by atoms with van der Waals surface area (Å²) in [5.41, 5.74) is 2.52. The molecule has 0 spiro atoms. The first-order chi connectivity index (χ1) is 25.7. The van der Waals surface area contributed by atoms with Crippen molar-refractivity contribution >= 4 is 51.7 Å². The van der Waals surface area contributed by atoms with Gasteiger partial charge < -0.3 is 10.1 Å². The molecule has 10 nitrogen and oxygen atoms in total. The van der Waals surface area contributed by atoms with Gasteiger partial charge in [0.1, 0.15) is 24.0 Å². The first-order valence-electron chi connectivity index (χ1n) is 16.6. The summed E-state index contributed by atoms with van der Waals surface area (Å²) in [7, 11) is 3.00.